The van der Waals surface area contributed by atoms with Crippen molar-refractivity contribution in [1.82, 2.24) is 0 Å². The molecule has 0 aliphatic heterocycles. The largest absolute Gasteiger partial charge is 0.299 e. The molecule has 0 radical (unpaired) electrons. The molecule has 2 heteroatoms. The van der Waals surface area contributed by atoms with Crippen LogP contribution < -0.4 is 0 Å². The molecule has 0 unspecified atom stereocenters. The zero-order valence-electron chi connectivity index (χ0n) is 12.4. The van der Waals surface area contributed by atoms with Crippen molar-refractivity contribution in [2.75, 3.05) is 0 Å². The molecule has 0 N–H and O–H groups in total. The highest BCUT2D eigenvalue weighted by Crippen LogP contribution is 2.49. The van der Waals surface area contributed by atoms with Gasteiger partial charge in [0.05, 0.1) is 5.41 Å². The molecule has 18 heavy (non-hydrogen) atoms. The lowest BCUT2D eigenvalue weighted by atomic mass is 9.91. The predicted molar refractivity (Wildman–Crippen MR) is 80.5 cm³/mol. The first-order valence-corrected chi connectivity index (χ1v) is 7.21. The third kappa shape index (κ3) is 3.84. The van der Waals surface area contributed by atoms with Gasteiger partial charge in [0.2, 0.25) is 0 Å². The van der Waals surface area contributed by atoms with Gasteiger partial charge in [0.15, 0.2) is 0 Å². The number of aryl methyl sites for hydroxylation is 1. The number of benzene rings is 1. The summed E-state index contributed by atoms with van der Waals surface area (Å²) in [6.07, 6.45) is 1.95. The van der Waals surface area contributed by atoms with E-state index in [-0.39, 0.29) is 11.2 Å². The number of ketones is 1. The van der Waals surface area contributed by atoms with Crippen LogP contribution in [0, 0.1) is 6.92 Å². The molecule has 102 valence electrons. The second-order valence-corrected chi connectivity index (χ2v) is 4.59. The molecule has 2 rings (SSSR count). The minimum absolute atomic E-state index is 0.199. The third-order valence-corrected chi connectivity index (χ3v) is 3.24. The van der Waals surface area contributed by atoms with Gasteiger partial charge in [-0.05, 0) is 49.9 Å². The number of carbonyl (C=O) groups is 1. The highest BCUT2D eigenvalue weighted by atomic mass is 35.5. The Morgan fingerprint density at radius 2 is 1.61 bits per heavy atom. The monoisotopic (exact) mass is 268 g/mol. The molecule has 0 spiro atoms. The lowest BCUT2D eigenvalue weighted by Crippen LogP contribution is -2.16. The minimum Gasteiger partial charge on any atom is -0.299 e. The molecule has 0 bridgehead atoms. The fraction of sp³-hybridized carbons (Fsp3) is 0.562. The molecule has 1 fully saturated rings. The van der Waals surface area contributed by atoms with Gasteiger partial charge in [0, 0.05) is 5.02 Å². The molecule has 0 atom stereocenters. The molecule has 1 aliphatic carbocycles. The zero-order chi connectivity index (χ0) is 14.3. The second-order valence-electron chi connectivity index (χ2n) is 4.16. The Morgan fingerprint density at radius 1 is 1.11 bits per heavy atom. The Labute approximate surface area is 117 Å². The first-order valence-electron chi connectivity index (χ1n) is 6.83. The Morgan fingerprint density at radius 3 is 1.94 bits per heavy atom. The van der Waals surface area contributed by atoms with Crippen molar-refractivity contribution in [3.63, 3.8) is 0 Å². The summed E-state index contributed by atoms with van der Waals surface area (Å²) in [4.78, 5) is 11.5. The summed E-state index contributed by atoms with van der Waals surface area (Å²) in [6.45, 7) is 11.7. The number of halogens is 1. The summed E-state index contributed by atoms with van der Waals surface area (Å²) in [5, 5.41) is 0.729. The highest BCUT2D eigenvalue weighted by molar-refractivity contribution is 6.30. The molecule has 1 aromatic carbocycles. The van der Waals surface area contributed by atoms with Crippen molar-refractivity contribution in [3.05, 3.63) is 34.3 Å². The van der Waals surface area contributed by atoms with Crippen molar-refractivity contribution >= 4 is 17.4 Å². The molecule has 1 aliphatic rings. The van der Waals surface area contributed by atoms with Gasteiger partial charge in [-0.15, -0.1) is 0 Å². The van der Waals surface area contributed by atoms with E-state index in [2.05, 4.69) is 6.07 Å². The minimum atomic E-state index is -0.199. The summed E-state index contributed by atoms with van der Waals surface area (Å²) in [7, 11) is 0. The summed E-state index contributed by atoms with van der Waals surface area (Å²) in [6, 6.07) is 5.91. The summed E-state index contributed by atoms with van der Waals surface area (Å²) in [5.41, 5.74) is 2.02. The van der Waals surface area contributed by atoms with Crippen molar-refractivity contribution in [3.8, 4) is 0 Å². The highest BCUT2D eigenvalue weighted by Gasteiger charge is 2.48. The summed E-state index contributed by atoms with van der Waals surface area (Å²) < 4.78 is 0. The molecule has 1 saturated carbocycles. The second kappa shape index (κ2) is 7.58. The van der Waals surface area contributed by atoms with Crippen LogP contribution in [0.1, 0.15) is 58.6 Å². The molecule has 1 nitrogen and oxygen atoms in total. The number of hydrogen-bond acceptors (Lipinski definition) is 1. The van der Waals surface area contributed by atoms with E-state index in [0.717, 1.165) is 29.0 Å². The van der Waals surface area contributed by atoms with Crippen molar-refractivity contribution in [2.24, 2.45) is 0 Å². The molecule has 0 saturated heterocycles. The Balaban J connectivity index is 0.000000659. The molecule has 0 aromatic heterocycles. The molecule has 0 heterocycles. The average molecular weight is 269 g/mol. The quantitative estimate of drug-likeness (QED) is 0.709. The van der Waals surface area contributed by atoms with Gasteiger partial charge in [-0.1, -0.05) is 45.4 Å². The third-order valence-electron chi connectivity index (χ3n) is 3.02. The fourth-order valence-corrected chi connectivity index (χ4v) is 2.27. The van der Waals surface area contributed by atoms with Crippen molar-refractivity contribution in [1.29, 1.82) is 0 Å². The van der Waals surface area contributed by atoms with Crippen LogP contribution in [-0.4, -0.2) is 5.78 Å². The normalized spacial score (nSPS) is 14.6. The number of rotatable bonds is 2. The van der Waals surface area contributed by atoms with Crippen LogP contribution in [0.3, 0.4) is 0 Å². The van der Waals surface area contributed by atoms with E-state index in [1.165, 1.54) is 0 Å². The van der Waals surface area contributed by atoms with Gasteiger partial charge in [-0.25, -0.2) is 0 Å². The van der Waals surface area contributed by atoms with Crippen LogP contribution in [0.5, 0.6) is 0 Å². The summed E-state index contributed by atoms with van der Waals surface area (Å²) in [5.74, 6) is 0.263. The van der Waals surface area contributed by atoms with Gasteiger partial charge in [0.1, 0.15) is 5.78 Å². The maximum Gasteiger partial charge on any atom is 0.140 e. The Hall–Kier alpha value is -0.820. The van der Waals surface area contributed by atoms with Gasteiger partial charge >= 0.3 is 0 Å². The van der Waals surface area contributed by atoms with Crippen LogP contribution in [0.25, 0.3) is 0 Å². The van der Waals surface area contributed by atoms with E-state index in [9.17, 15) is 4.79 Å². The standard InChI is InChI=1S/C12H13ClO.2C2H6/c1-8-5-10(7-11(13)6-8)12(3-4-12)9(2)14;2*1-2/h5-7H,3-4H2,1-2H3;2*1-2H3. The van der Waals surface area contributed by atoms with Crippen LogP contribution in [0.2, 0.25) is 5.02 Å². The average Bonchev–Trinajstić information content (AvgIpc) is 3.14. The number of carbonyl (C=O) groups excluding carboxylic acids is 1. The van der Waals surface area contributed by atoms with Gasteiger partial charge in [-0.3, -0.25) is 4.79 Å². The number of Topliss-reactive ketones (excluding diaryl/α,β-unsaturated/α-hetero) is 1. The van der Waals surface area contributed by atoms with E-state index < -0.39 is 0 Å². The van der Waals surface area contributed by atoms with E-state index in [0.29, 0.717) is 0 Å². The maximum atomic E-state index is 11.5. The Kier molecular flexibility index (Phi) is 7.23. The lowest BCUT2D eigenvalue weighted by Gasteiger charge is -2.12. The first kappa shape index (κ1) is 17.2. The number of hydrogen-bond donors (Lipinski definition) is 0. The summed E-state index contributed by atoms with van der Waals surface area (Å²) >= 11 is 5.98. The van der Waals surface area contributed by atoms with E-state index in [1.807, 2.05) is 46.8 Å². The zero-order valence-corrected chi connectivity index (χ0v) is 13.2. The lowest BCUT2D eigenvalue weighted by molar-refractivity contribution is -0.119. The van der Waals surface area contributed by atoms with Gasteiger partial charge in [0.25, 0.3) is 0 Å². The maximum absolute atomic E-state index is 11.5. The van der Waals surface area contributed by atoms with E-state index >= 15 is 0 Å². The van der Waals surface area contributed by atoms with Crippen LogP contribution in [0.4, 0.5) is 0 Å². The van der Waals surface area contributed by atoms with E-state index in [1.54, 1.807) is 6.92 Å². The van der Waals surface area contributed by atoms with Crippen LogP contribution in [0.15, 0.2) is 18.2 Å². The van der Waals surface area contributed by atoms with Gasteiger partial charge in [-0.2, -0.15) is 0 Å². The Bertz CT molecular complexity index is 372. The van der Waals surface area contributed by atoms with Crippen LogP contribution in [-0.2, 0) is 10.2 Å². The predicted octanol–water partition coefficient (Wildman–Crippen LogP) is 5.32. The molecule has 1 aromatic rings. The van der Waals surface area contributed by atoms with Crippen LogP contribution >= 0.6 is 11.6 Å². The van der Waals surface area contributed by atoms with Crippen molar-refractivity contribution < 1.29 is 4.79 Å². The SMILES string of the molecule is CC.CC.CC(=O)C1(c2cc(C)cc(Cl)c2)CC1. The topological polar surface area (TPSA) is 17.1 Å². The fourth-order valence-electron chi connectivity index (χ4n) is 1.98. The van der Waals surface area contributed by atoms with Crippen molar-refractivity contribution in [2.45, 2.75) is 59.8 Å². The first-order chi connectivity index (χ1) is 8.54. The molecule has 0 amide bonds. The molecular formula is C16H25ClO. The van der Waals surface area contributed by atoms with E-state index in [4.69, 9.17) is 11.6 Å². The smallest absolute Gasteiger partial charge is 0.140 e. The molecular weight excluding hydrogens is 244 g/mol. The van der Waals surface area contributed by atoms with Gasteiger partial charge < -0.3 is 0 Å².